The van der Waals surface area contributed by atoms with Crippen molar-refractivity contribution in [3.63, 3.8) is 0 Å². The predicted octanol–water partition coefficient (Wildman–Crippen LogP) is 6.02. The van der Waals surface area contributed by atoms with Crippen molar-refractivity contribution < 1.29 is 14.3 Å². The van der Waals surface area contributed by atoms with Crippen molar-refractivity contribution in [2.45, 2.75) is 46.0 Å². The van der Waals surface area contributed by atoms with Gasteiger partial charge in [-0.05, 0) is 83.7 Å². The summed E-state index contributed by atoms with van der Waals surface area (Å²) in [5.41, 5.74) is 1.57. The van der Waals surface area contributed by atoms with Gasteiger partial charge in [-0.1, -0.05) is 38.8 Å². The van der Waals surface area contributed by atoms with Gasteiger partial charge in [0, 0.05) is 18.7 Å². The van der Waals surface area contributed by atoms with Crippen LogP contribution in [0.4, 0.5) is 5.69 Å². The zero-order chi connectivity index (χ0) is 24.5. The van der Waals surface area contributed by atoms with Crippen molar-refractivity contribution in [1.29, 1.82) is 0 Å². The Bertz CT molecular complexity index is 1020. The molecular formula is C26H32BrN3O3S. The van der Waals surface area contributed by atoms with Crippen LogP contribution in [0.2, 0.25) is 0 Å². The number of carbonyl (C=O) groups excluding carboxylic acids is 2. The number of nitrogens with one attached hydrogen (secondary N) is 2. The molecule has 34 heavy (non-hydrogen) atoms. The maximum atomic E-state index is 13.1. The van der Waals surface area contributed by atoms with E-state index in [9.17, 15) is 9.59 Å². The first-order chi connectivity index (χ1) is 16.3. The third-order valence-corrected chi connectivity index (χ3v) is 6.50. The summed E-state index contributed by atoms with van der Waals surface area (Å²) in [4.78, 5) is 27.8. The fourth-order valence-electron chi connectivity index (χ4n) is 3.72. The molecule has 3 rings (SSSR count). The minimum absolute atomic E-state index is 0.0175. The Balaban J connectivity index is 1.62. The Labute approximate surface area is 215 Å². The van der Waals surface area contributed by atoms with Crippen molar-refractivity contribution in [3.05, 3.63) is 58.1 Å². The highest BCUT2D eigenvalue weighted by Gasteiger charge is 2.20. The summed E-state index contributed by atoms with van der Waals surface area (Å²) in [6.45, 7) is 6.43. The topological polar surface area (TPSA) is 70.7 Å². The van der Waals surface area contributed by atoms with E-state index < -0.39 is 0 Å². The van der Waals surface area contributed by atoms with Gasteiger partial charge in [-0.25, -0.2) is 0 Å². The number of amides is 2. The molecule has 0 radical (unpaired) electrons. The summed E-state index contributed by atoms with van der Waals surface area (Å²) in [7, 11) is 0. The molecule has 0 aliphatic carbocycles. The largest absolute Gasteiger partial charge is 0.492 e. The van der Waals surface area contributed by atoms with Crippen LogP contribution in [0.25, 0.3) is 0 Å². The molecule has 2 N–H and O–H groups in total. The van der Waals surface area contributed by atoms with Gasteiger partial charge in [-0.15, -0.1) is 0 Å². The SMILES string of the molecule is CC(C)CCOc1ccc(C(=O)NC(=S)Nc2ccccc2C(=O)N2CCCCCC2)cc1Br. The van der Waals surface area contributed by atoms with Gasteiger partial charge in [0.15, 0.2) is 5.11 Å². The van der Waals surface area contributed by atoms with Crippen LogP contribution in [-0.4, -0.2) is 41.5 Å². The van der Waals surface area contributed by atoms with Crippen LogP contribution in [0.3, 0.4) is 0 Å². The number of hydrogen-bond acceptors (Lipinski definition) is 4. The fraction of sp³-hybridized carbons (Fsp3) is 0.423. The van der Waals surface area contributed by atoms with Gasteiger partial charge in [0.25, 0.3) is 11.8 Å². The number of halogens is 1. The Hall–Kier alpha value is -2.45. The van der Waals surface area contributed by atoms with E-state index in [-0.39, 0.29) is 16.9 Å². The summed E-state index contributed by atoms with van der Waals surface area (Å²) in [5, 5.41) is 5.86. The Morgan fingerprint density at radius 3 is 2.47 bits per heavy atom. The van der Waals surface area contributed by atoms with E-state index in [1.165, 1.54) is 0 Å². The Morgan fingerprint density at radius 2 is 1.79 bits per heavy atom. The van der Waals surface area contributed by atoms with E-state index >= 15 is 0 Å². The van der Waals surface area contributed by atoms with E-state index in [0.717, 1.165) is 45.2 Å². The molecule has 6 nitrogen and oxygen atoms in total. The molecule has 182 valence electrons. The molecule has 0 aromatic heterocycles. The average Bonchev–Trinajstić information content (AvgIpc) is 3.09. The second-order valence-electron chi connectivity index (χ2n) is 8.84. The van der Waals surface area contributed by atoms with E-state index in [4.69, 9.17) is 17.0 Å². The lowest BCUT2D eigenvalue weighted by Crippen LogP contribution is -2.36. The first-order valence-corrected chi connectivity index (χ1v) is 13.0. The molecule has 2 amide bonds. The third-order valence-electron chi connectivity index (χ3n) is 5.67. The maximum absolute atomic E-state index is 13.1. The number of anilines is 1. The second-order valence-corrected chi connectivity index (χ2v) is 10.1. The minimum Gasteiger partial charge on any atom is -0.492 e. The lowest BCUT2D eigenvalue weighted by molar-refractivity contribution is 0.0762. The van der Waals surface area contributed by atoms with E-state index in [0.29, 0.717) is 39.6 Å². The predicted molar refractivity (Wildman–Crippen MR) is 144 cm³/mol. The normalized spacial score (nSPS) is 13.8. The molecule has 1 aliphatic rings. The molecule has 0 atom stereocenters. The minimum atomic E-state index is -0.344. The molecular weight excluding hydrogens is 514 g/mol. The van der Waals surface area contributed by atoms with Crippen molar-refractivity contribution >= 4 is 50.8 Å². The molecule has 8 heteroatoms. The van der Waals surface area contributed by atoms with Crippen LogP contribution >= 0.6 is 28.1 Å². The van der Waals surface area contributed by atoms with Crippen molar-refractivity contribution in [3.8, 4) is 5.75 Å². The molecule has 0 bridgehead atoms. The standard InChI is InChI=1S/C26H32BrN3O3S/c1-18(2)13-16-33-23-12-11-19(17-21(23)27)24(31)29-26(34)28-22-10-6-5-9-20(22)25(32)30-14-7-3-4-8-15-30/h5-6,9-12,17-18H,3-4,7-8,13-16H2,1-2H3,(H2,28,29,31,34). The molecule has 1 aliphatic heterocycles. The molecule has 2 aromatic rings. The van der Waals surface area contributed by atoms with Crippen LogP contribution in [0.1, 0.15) is 66.7 Å². The number of ether oxygens (including phenoxy) is 1. The lowest BCUT2D eigenvalue weighted by atomic mass is 10.1. The number of likely N-dealkylation sites (tertiary alicyclic amines) is 1. The van der Waals surface area contributed by atoms with Gasteiger partial charge in [0.05, 0.1) is 22.3 Å². The first-order valence-electron chi connectivity index (χ1n) is 11.8. The van der Waals surface area contributed by atoms with E-state index in [2.05, 4.69) is 40.4 Å². The van der Waals surface area contributed by atoms with E-state index in [1.54, 1.807) is 30.3 Å². The number of carbonyl (C=O) groups is 2. The van der Waals surface area contributed by atoms with Gasteiger partial charge >= 0.3 is 0 Å². The van der Waals surface area contributed by atoms with E-state index in [1.807, 2.05) is 17.0 Å². The van der Waals surface area contributed by atoms with Gasteiger partial charge < -0.3 is 15.0 Å². The van der Waals surface area contributed by atoms with Gasteiger partial charge in [-0.2, -0.15) is 0 Å². The van der Waals surface area contributed by atoms with Crippen molar-refractivity contribution in [1.82, 2.24) is 10.2 Å². The van der Waals surface area contributed by atoms with Crippen LogP contribution < -0.4 is 15.4 Å². The van der Waals surface area contributed by atoms with Crippen LogP contribution in [0, 0.1) is 5.92 Å². The highest BCUT2D eigenvalue weighted by molar-refractivity contribution is 9.10. The molecule has 0 saturated carbocycles. The highest BCUT2D eigenvalue weighted by Crippen LogP contribution is 2.26. The number of rotatable bonds is 7. The van der Waals surface area contributed by atoms with Gasteiger partial charge in [-0.3, -0.25) is 14.9 Å². The first kappa shape index (κ1) is 26.2. The zero-order valence-corrected chi connectivity index (χ0v) is 22.1. The lowest BCUT2D eigenvalue weighted by Gasteiger charge is -2.22. The monoisotopic (exact) mass is 545 g/mol. The molecule has 0 spiro atoms. The average molecular weight is 547 g/mol. The number of hydrogen-bond donors (Lipinski definition) is 2. The zero-order valence-electron chi connectivity index (χ0n) is 19.7. The smallest absolute Gasteiger partial charge is 0.257 e. The van der Waals surface area contributed by atoms with Crippen LogP contribution in [-0.2, 0) is 0 Å². The number of nitrogens with zero attached hydrogens (tertiary/aromatic N) is 1. The number of thiocarbonyl (C=S) groups is 1. The fourth-order valence-corrected chi connectivity index (χ4v) is 4.41. The van der Waals surface area contributed by atoms with Crippen molar-refractivity contribution in [2.24, 2.45) is 5.92 Å². The summed E-state index contributed by atoms with van der Waals surface area (Å²) >= 11 is 8.85. The second kappa shape index (κ2) is 12.9. The van der Waals surface area contributed by atoms with Gasteiger partial charge in [0.1, 0.15) is 5.75 Å². The van der Waals surface area contributed by atoms with Crippen LogP contribution in [0.15, 0.2) is 46.9 Å². The quantitative estimate of drug-likeness (QED) is 0.416. The summed E-state index contributed by atoms with van der Waals surface area (Å²) in [6, 6.07) is 12.4. The number of benzene rings is 2. The van der Waals surface area contributed by atoms with Crippen LogP contribution in [0.5, 0.6) is 5.75 Å². The van der Waals surface area contributed by atoms with Crippen molar-refractivity contribution in [2.75, 3.05) is 25.0 Å². The molecule has 1 heterocycles. The summed E-state index contributed by atoms with van der Waals surface area (Å²) in [6.07, 6.45) is 5.30. The highest BCUT2D eigenvalue weighted by atomic mass is 79.9. The molecule has 2 aromatic carbocycles. The Kier molecular flexibility index (Phi) is 9.89. The molecule has 0 unspecified atom stereocenters. The third kappa shape index (κ3) is 7.53. The maximum Gasteiger partial charge on any atom is 0.257 e. The molecule has 1 fully saturated rings. The Morgan fingerprint density at radius 1 is 1.09 bits per heavy atom. The molecule has 1 saturated heterocycles. The number of para-hydroxylation sites is 1. The van der Waals surface area contributed by atoms with Gasteiger partial charge in [0.2, 0.25) is 0 Å². The summed E-state index contributed by atoms with van der Waals surface area (Å²) in [5.74, 6) is 0.889. The summed E-state index contributed by atoms with van der Waals surface area (Å²) < 4.78 is 6.49.